The molecule has 140 valence electrons. The minimum absolute atomic E-state index is 0.158. The molecule has 1 aliphatic heterocycles. The molecule has 1 aromatic rings. The van der Waals surface area contributed by atoms with E-state index in [1.165, 1.54) is 24.8 Å². The molecular formula is C20H31NO4. The zero-order valence-electron chi connectivity index (χ0n) is 15.4. The first-order valence-electron chi connectivity index (χ1n) is 9.46. The Balaban J connectivity index is 1.53. The van der Waals surface area contributed by atoms with Crippen LogP contribution < -0.4 is 9.47 Å². The van der Waals surface area contributed by atoms with Gasteiger partial charge in [-0.15, -0.1) is 0 Å². The summed E-state index contributed by atoms with van der Waals surface area (Å²) < 4.78 is 16.9. The summed E-state index contributed by atoms with van der Waals surface area (Å²) in [6.45, 7) is 2.52. The third kappa shape index (κ3) is 4.66. The topological polar surface area (TPSA) is 51.2 Å². The summed E-state index contributed by atoms with van der Waals surface area (Å²) in [5, 5.41) is 9.83. The number of benzene rings is 1. The zero-order valence-corrected chi connectivity index (χ0v) is 15.4. The molecule has 1 aliphatic carbocycles. The fourth-order valence-electron chi connectivity index (χ4n) is 4.12. The summed E-state index contributed by atoms with van der Waals surface area (Å²) in [6, 6.07) is 6.51. The van der Waals surface area contributed by atoms with Crippen molar-refractivity contribution < 1.29 is 19.3 Å². The molecule has 3 atom stereocenters. The van der Waals surface area contributed by atoms with Crippen molar-refractivity contribution in [3.05, 3.63) is 23.8 Å². The second kappa shape index (κ2) is 8.88. The number of nitrogens with zero attached hydrogens (tertiary/aromatic N) is 1. The molecule has 0 bridgehead atoms. The van der Waals surface area contributed by atoms with Crippen LogP contribution in [0, 0.1) is 0 Å². The Kier molecular flexibility index (Phi) is 6.57. The molecule has 1 heterocycles. The minimum Gasteiger partial charge on any atom is -0.493 e. The second-order valence-electron chi connectivity index (χ2n) is 7.14. The normalized spacial score (nSPS) is 27.4. The SMILES string of the molecule is COc1cc(CCO[C@H]2CCCC[C@H]2N2CC[C@@H](O)C2)ccc1O[13CH3]. The lowest BCUT2D eigenvalue weighted by Gasteiger charge is -2.37. The molecule has 2 fully saturated rings. The molecule has 1 aromatic carbocycles. The number of hydrogen-bond donors (Lipinski definition) is 1. The van der Waals surface area contributed by atoms with Crippen molar-refractivity contribution in [2.45, 2.75) is 56.8 Å². The van der Waals surface area contributed by atoms with Gasteiger partial charge in [0.2, 0.25) is 0 Å². The Hall–Kier alpha value is -1.30. The molecule has 0 unspecified atom stereocenters. The van der Waals surface area contributed by atoms with Gasteiger partial charge in [-0.2, -0.15) is 0 Å². The number of methoxy groups -OCH3 is 2. The molecule has 5 heteroatoms. The highest BCUT2D eigenvalue weighted by Crippen LogP contribution is 2.30. The van der Waals surface area contributed by atoms with E-state index in [-0.39, 0.29) is 6.10 Å². The van der Waals surface area contributed by atoms with Crippen molar-refractivity contribution in [1.29, 1.82) is 0 Å². The van der Waals surface area contributed by atoms with Gasteiger partial charge in [-0.25, -0.2) is 0 Å². The van der Waals surface area contributed by atoms with Crippen molar-refractivity contribution in [2.24, 2.45) is 0 Å². The molecule has 1 saturated carbocycles. The maximum Gasteiger partial charge on any atom is 0.160 e. The van der Waals surface area contributed by atoms with Crippen molar-refractivity contribution in [2.75, 3.05) is 33.9 Å². The zero-order chi connectivity index (χ0) is 17.6. The minimum atomic E-state index is -0.158. The van der Waals surface area contributed by atoms with Gasteiger partial charge in [-0.05, 0) is 43.4 Å². The highest BCUT2D eigenvalue weighted by molar-refractivity contribution is 5.42. The monoisotopic (exact) mass is 350 g/mol. The second-order valence-corrected chi connectivity index (χ2v) is 7.14. The Morgan fingerprint density at radius 1 is 1.08 bits per heavy atom. The number of rotatable bonds is 7. The molecule has 0 amide bonds. The van der Waals surface area contributed by atoms with Crippen molar-refractivity contribution in [1.82, 2.24) is 4.90 Å². The maximum atomic E-state index is 9.83. The van der Waals surface area contributed by atoms with E-state index in [0.717, 1.165) is 43.9 Å². The van der Waals surface area contributed by atoms with Crippen LogP contribution in [0.25, 0.3) is 0 Å². The van der Waals surface area contributed by atoms with Crippen LogP contribution in [0.1, 0.15) is 37.7 Å². The van der Waals surface area contributed by atoms with Crippen LogP contribution in [0.3, 0.4) is 0 Å². The molecule has 1 N–H and O–H groups in total. The average molecular weight is 350 g/mol. The van der Waals surface area contributed by atoms with Crippen LogP contribution in [-0.2, 0) is 11.2 Å². The van der Waals surface area contributed by atoms with Crippen LogP contribution in [0.2, 0.25) is 0 Å². The fraction of sp³-hybridized carbons (Fsp3) is 0.700. The van der Waals surface area contributed by atoms with Gasteiger partial charge in [-0.3, -0.25) is 4.90 Å². The van der Waals surface area contributed by atoms with E-state index in [2.05, 4.69) is 11.0 Å². The van der Waals surface area contributed by atoms with Crippen LogP contribution in [0.5, 0.6) is 11.5 Å². The van der Waals surface area contributed by atoms with E-state index < -0.39 is 0 Å². The number of β-amino-alcohol motifs (C(OH)–C–C–N with tert-alkyl or cyclic N) is 1. The lowest BCUT2D eigenvalue weighted by atomic mass is 9.91. The lowest BCUT2D eigenvalue weighted by Crippen LogP contribution is -2.46. The first-order valence-corrected chi connectivity index (χ1v) is 9.46. The lowest BCUT2D eigenvalue weighted by molar-refractivity contribution is -0.0316. The molecule has 25 heavy (non-hydrogen) atoms. The molecule has 0 aromatic heterocycles. The van der Waals surface area contributed by atoms with Gasteiger partial charge in [0, 0.05) is 19.1 Å². The first-order chi connectivity index (χ1) is 12.2. The Bertz CT molecular complexity index is 550. The van der Waals surface area contributed by atoms with Crippen LogP contribution >= 0.6 is 0 Å². The van der Waals surface area contributed by atoms with Gasteiger partial charge in [0.05, 0.1) is 33.0 Å². The van der Waals surface area contributed by atoms with Gasteiger partial charge in [-0.1, -0.05) is 18.9 Å². The van der Waals surface area contributed by atoms with E-state index in [1.54, 1.807) is 14.2 Å². The Labute approximate surface area is 150 Å². The van der Waals surface area contributed by atoms with Gasteiger partial charge >= 0.3 is 0 Å². The summed E-state index contributed by atoms with van der Waals surface area (Å²) in [5.41, 5.74) is 1.20. The molecular weight excluding hydrogens is 319 g/mol. The van der Waals surface area contributed by atoms with Crippen LogP contribution in [0.15, 0.2) is 18.2 Å². The summed E-state index contributed by atoms with van der Waals surface area (Å²) in [5.74, 6) is 1.52. The van der Waals surface area contributed by atoms with E-state index in [0.29, 0.717) is 18.8 Å². The Morgan fingerprint density at radius 3 is 2.60 bits per heavy atom. The third-order valence-corrected chi connectivity index (χ3v) is 5.50. The predicted molar refractivity (Wildman–Crippen MR) is 97.4 cm³/mol. The maximum absolute atomic E-state index is 9.83. The number of likely N-dealkylation sites (tertiary alicyclic amines) is 1. The van der Waals surface area contributed by atoms with Crippen LogP contribution in [0.4, 0.5) is 0 Å². The highest BCUT2D eigenvalue weighted by atomic mass is 16.5. The molecule has 2 aliphatic rings. The standard InChI is InChI=1S/C20H31NO4/c1-23-19-8-7-15(13-20(19)24-2)10-12-25-18-6-4-3-5-17(18)21-11-9-16(22)14-21/h7-8,13,16-18,22H,3-6,9-12,14H2,1-2H3/t16-,17-,18+/m1/s1/i1+1. The largest absolute Gasteiger partial charge is 0.493 e. The Morgan fingerprint density at radius 2 is 1.88 bits per heavy atom. The predicted octanol–water partition coefficient (Wildman–Crippen LogP) is 2.64. The van der Waals surface area contributed by atoms with E-state index in [4.69, 9.17) is 14.2 Å². The van der Waals surface area contributed by atoms with E-state index in [9.17, 15) is 5.11 Å². The first kappa shape index (κ1) is 18.5. The van der Waals surface area contributed by atoms with Gasteiger partial charge < -0.3 is 19.3 Å². The number of aliphatic hydroxyl groups excluding tert-OH is 1. The molecule has 3 rings (SSSR count). The molecule has 0 radical (unpaired) electrons. The highest BCUT2D eigenvalue weighted by Gasteiger charge is 2.34. The summed E-state index contributed by atoms with van der Waals surface area (Å²) in [4.78, 5) is 2.44. The smallest absolute Gasteiger partial charge is 0.160 e. The quantitative estimate of drug-likeness (QED) is 0.766. The number of aliphatic hydroxyl groups is 1. The van der Waals surface area contributed by atoms with E-state index >= 15 is 0 Å². The van der Waals surface area contributed by atoms with Crippen molar-refractivity contribution in [3.63, 3.8) is 0 Å². The number of ether oxygens (including phenoxy) is 3. The van der Waals surface area contributed by atoms with Crippen molar-refractivity contribution >= 4 is 0 Å². The van der Waals surface area contributed by atoms with E-state index in [1.807, 2.05) is 12.1 Å². The number of hydrogen-bond acceptors (Lipinski definition) is 5. The van der Waals surface area contributed by atoms with Gasteiger partial charge in [0.15, 0.2) is 11.5 Å². The summed E-state index contributed by atoms with van der Waals surface area (Å²) >= 11 is 0. The van der Waals surface area contributed by atoms with Gasteiger partial charge in [0.25, 0.3) is 0 Å². The summed E-state index contributed by atoms with van der Waals surface area (Å²) in [6.07, 6.45) is 6.73. The average Bonchev–Trinajstić information content (AvgIpc) is 3.08. The van der Waals surface area contributed by atoms with Crippen LogP contribution in [-0.4, -0.2) is 62.2 Å². The molecule has 0 spiro atoms. The summed E-state index contributed by atoms with van der Waals surface area (Å²) in [7, 11) is 3.31. The van der Waals surface area contributed by atoms with Crippen molar-refractivity contribution in [3.8, 4) is 11.5 Å². The fourth-order valence-corrected chi connectivity index (χ4v) is 4.12. The third-order valence-electron chi connectivity index (χ3n) is 5.50. The molecule has 5 nitrogen and oxygen atoms in total. The van der Waals surface area contributed by atoms with Gasteiger partial charge in [0.1, 0.15) is 0 Å². The molecule has 1 saturated heterocycles.